The highest BCUT2D eigenvalue weighted by Crippen LogP contribution is 2.28. The zero-order chi connectivity index (χ0) is 31.1. The maximum atomic E-state index is 13.8. The summed E-state index contributed by atoms with van der Waals surface area (Å²) in [7, 11) is -3.30. The fourth-order valence-electron chi connectivity index (χ4n) is 5.20. The number of nitrogens with two attached hydrogens (primary N) is 1. The number of aryl methyl sites for hydroxylation is 1. The molecule has 0 radical (unpaired) electrons. The lowest BCUT2D eigenvalue weighted by molar-refractivity contribution is 0.0996. The minimum Gasteiger partial charge on any atom is -0.439 e. The summed E-state index contributed by atoms with van der Waals surface area (Å²) in [5.41, 5.74) is 6.95. The Hall–Kier alpha value is -3.74. The summed E-state index contributed by atoms with van der Waals surface area (Å²) < 4.78 is 43.3. The van der Waals surface area contributed by atoms with E-state index in [4.69, 9.17) is 10.5 Å². The van der Waals surface area contributed by atoms with Crippen LogP contribution in [0.4, 0.5) is 14.9 Å². The normalized spacial score (nSPS) is 16.9. The van der Waals surface area contributed by atoms with E-state index in [1.807, 2.05) is 6.07 Å². The number of rotatable bonds is 11. The number of nitrogens with zero attached hydrogens (tertiary/aromatic N) is 2. The minimum atomic E-state index is -3.30. The molecule has 4 N–H and O–H groups in total. The van der Waals surface area contributed by atoms with Gasteiger partial charge in [0.15, 0.2) is 9.84 Å². The van der Waals surface area contributed by atoms with Crippen LogP contribution in [0, 0.1) is 12.7 Å². The van der Waals surface area contributed by atoms with E-state index in [9.17, 15) is 22.4 Å². The van der Waals surface area contributed by atoms with Crippen molar-refractivity contribution in [2.24, 2.45) is 5.73 Å². The highest BCUT2D eigenvalue weighted by molar-refractivity contribution is 7.90. The molecule has 238 valence electrons. The van der Waals surface area contributed by atoms with Crippen molar-refractivity contribution >= 4 is 39.9 Å². The summed E-state index contributed by atoms with van der Waals surface area (Å²) in [4.78, 5) is 31.2. The van der Waals surface area contributed by atoms with Gasteiger partial charge in [0, 0.05) is 49.4 Å². The molecule has 3 amide bonds. The zero-order valence-electron chi connectivity index (χ0n) is 25.0. The van der Waals surface area contributed by atoms with Gasteiger partial charge in [-0.05, 0) is 73.7 Å². The first-order valence-electron chi connectivity index (χ1n) is 14.3. The smallest absolute Gasteiger partial charge is 0.319 e. The number of nitrogens with one attached hydrogen (secondary N) is 2. The van der Waals surface area contributed by atoms with Gasteiger partial charge in [-0.15, -0.1) is 12.4 Å². The van der Waals surface area contributed by atoms with Crippen molar-refractivity contribution < 1.29 is 27.1 Å². The average molecular weight is 648 g/mol. The molecule has 2 unspecified atom stereocenters. The molecule has 4 rings (SSSR count). The third kappa shape index (κ3) is 9.38. The Balaban J connectivity index is 0.00000529. The maximum absolute atomic E-state index is 13.8. The molecular weight excluding hydrogens is 609 g/mol. The number of halogens is 2. The number of aromatic nitrogens is 1. The number of amides is 3. The molecule has 1 fully saturated rings. The van der Waals surface area contributed by atoms with Crippen molar-refractivity contribution in [2.75, 3.05) is 18.1 Å². The monoisotopic (exact) mass is 647 g/mol. The van der Waals surface area contributed by atoms with Crippen LogP contribution >= 0.6 is 12.4 Å². The number of urea groups is 1. The number of anilines is 1. The molecule has 0 spiro atoms. The summed E-state index contributed by atoms with van der Waals surface area (Å²) in [5.74, 6) is -0.683. The number of carbonyl (C=O) groups excluding carboxylic acids is 2. The lowest BCUT2D eigenvalue weighted by Gasteiger charge is -2.40. The molecule has 44 heavy (non-hydrogen) atoms. The van der Waals surface area contributed by atoms with Crippen LogP contribution in [0.15, 0.2) is 59.6 Å². The molecule has 10 nitrogen and oxygen atoms in total. The van der Waals surface area contributed by atoms with Crippen molar-refractivity contribution in [2.45, 2.75) is 69.5 Å². The van der Waals surface area contributed by atoms with E-state index in [1.165, 1.54) is 24.5 Å². The van der Waals surface area contributed by atoms with Gasteiger partial charge < -0.3 is 21.1 Å². The van der Waals surface area contributed by atoms with Crippen molar-refractivity contribution in [1.29, 1.82) is 0 Å². The van der Waals surface area contributed by atoms with Gasteiger partial charge in [-0.3, -0.25) is 9.69 Å². The van der Waals surface area contributed by atoms with Crippen molar-refractivity contribution in [3.8, 4) is 11.6 Å². The van der Waals surface area contributed by atoms with Crippen molar-refractivity contribution in [3.05, 3.63) is 77.2 Å². The standard InChI is InChI=1S/C31H38FN5O5S.ClH/c1-4-5-6-24-16-23(36-31(39)35-22-8-10-27(32)26(17-22)30(33)38)13-14-37(24)19-21-7-12-29(34-18-21)42-28-11-9-25(15-20(28)2)43(3,40)41;/h7-12,15,17-18,23-24H,4-6,13-14,16,19H2,1-3H3,(H2,33,38)(H2,35,36,39);1H. The Morgan fingerprint density at radius 2 is 1.93 bits per heavy atom. The number of piperidine rings is 1. The number of sulfone groups is 1. The molecule has 0 bridgehead atoms. The Bertz CT molecular complexity index is 1570. The molecule has 0 saturated carbocycles. The zero-order valence-corrected chi connectivity index (χ0v) is 26.6. The molecule has 1 saturated heterocycles. The van der Waals surface area contributed by atoms with E-state index in [2.05, 4.69) is 27.4 Å². The van der Waals surface area contributed by atoms with Crippen LogP contribution in [-0.2, 0) is 16.4 Å². The Labute approximate surface area is 263 Å². The molecule has 1 aliphatic heterocycles. The number of carbonyl (C=O) groups is 2. The quantitative estimate of drug-likeness (QED) is 0.246. The molecule has 2 atom stereocenters. The maximum Gasteiger partial charge on any atom is 0.319 e. The van der Waals surface area contributed by atoms with Gasteiger partial charge in [0.05, 0.1) is 10.5 Å². The van der Waals surface area contributed by atoms with E-state index in [-0.39, 0.29) is 40.6 Å². The van der Waals surface area contributed by atoms with Gasteiger partial charge in [-0.25, -0.2) is 22.6 Å². The predicted molar refractivity (Wildman–Crippen MR) is 170 cm³/mol. The first kappa shape index (κ1) is 34.7. The number of hydrogen-bond donors (Lipinski definition) is 3. The van der Waals surface area contributed by atoms with E-state index in [1.54, 1.807) is 31.3 Å². The molecule has 2 aromatic carbocycles. The van der Waals surface area contributed by atoms with Crippen LogP contribution in [0.3, 0.4) is 0 Å². The van der Waals surface area contributed by atoms with Crippen molar-refractivity contribution in [1.82, 2.24) is 15.2 Å². The van der Waals surface area contributed by atoms with Gasteiger partial charge in [-0.2, -0.15) is 0 Å². The Morgan fingerprint density at radius 1 is 1.16 bits per heavy atom. The summed E-state index contributed by atoms with van der Waals surface area (Å²) in [6.07, 6.45) is 7.61. The average Bonchev–Trinajstić information content (AvgIpc) is 2.95. The fraction of sp³-hybridized carbons (Fsp3) is 0.387. The number of primary amides is 1. The molecule has 0 aliphatic carbocycles. The first-order chi connectivity index (χ1) is 20.4. The fourth-order valence-corrected chi connectivity index (χ4v) is 5.91. The second-order valence-electron chi connectivity index (χ2n) is 11.0. The molecule has 3 aromatic rings. The number of ether oxygens (including phenoxy) is 1. The van der Waals surface area contributed by atoms with Crippen LogP contribution in [0.1, 0.15) is 60.5 Å². The highest BCUT2D eigenvalue weighted by atomic mass is 35.5. The van der Waals surface area contributed by atoms with Crippen LogP contribution in [0.25, 0.3) is 0 Å². The SMILES string of the molecule is CCCCC1CC(NC(=O)Nc2ccc(F)c(C(N)=O)c2)CCN1Cc1ccc(Oc2ccc(S(C)(=O)=O)cc2C)nc1.Cl. The van der Waals surface area contributed by atoms with Gasteiger partial charge in [0.1, 0.15) is 11.6 Å². The molecule has 13 heteroatoms. The number of unbranched alkanes of at least 4 members (excludes halogenated alkanes) is 1. The number of likely N-dealkylation sites (tertiary alicyclic amines) is 1. The second-order valence-corrected chi connectivity index (χ2v) is 13.0. The van der Waals surface area contributed by atoms with Crippen LogP contribution < -0.4 is 21.1 Å². The van der Waals surface area contributed by atoms with Gasteiger partial charge in [0.25, 0.3) is 5.91 Å². The van der Waals surface area contributed by atoms with Crippen molar-refractivity contribution in [3.63, 3.8) is 0 Å². The number of pyridine rings is 1. The number of benzene rings is 2. The molecular formula is C31H39ClFN5O5S. The third-order valence-electron chi connectivity index (χ3n) is 7.53. The Kier molecular flexibility index (Phi) is 12.1. The highest BCUT2D eigenvalue weighted by Gasteiger charge is 2.29. The predicted octanol–water partition coefficient (Wildman–Crippen LogP) is 5.59. The summed E-state index contributed by atoms with van der Waals surface area (Å²) in [6, 6.07) is 12.0. The second kappa shape index (κ2) is 15.3. The topological polar surface area (TPSA) is 144 Å². The lowest BCUT2D eigenvalue weighted by Crippen LogP contribution is -2.50. The van der Waals surface area contributed by atoms with Crippen LogP contribution in [0.2, 0.25) is 0 Å². The van der Waals surface area contributed by atoms with Crippen LogP contribution in [-0.4, -0.2) is 55.1 Å². The molecule has 2 heterocycles. The summed E-state index contributed by atoms with van der Waals surface area (Å²) in [5, 5.41) is 5.69. The van der Waals surface area contributed by atoms with Gasteiger partial charge >= 0.3 is 6.03 Å². The Morgan fingerprint density at radius 3 is 2.57 bits per heavy atom. The molecule has 1 aromatic heterocycles. The number of hydrogen-bond acceptors (Lipinski definition) is 7. The minimum absolute atomic E-state index is 0. The van der Waals surface area contributed by atoms with E-state index < -0.39 is 27.6 Å². The van der Waals surface area contributed by atoms with Crippen LogP contribution in [0.5, 0.6) is 11.6 Å². The third-order valence-corrected chi connectivity index (χ3v) is 8.64. The first-order valence-corrected chi connectivity index (χ1v) is 16.2. The van der Waals surface area contributed by atoms with Gasteiger partial charge in [0.2, 0.25) is 5.88 Å². The van der Waals surface area contributed by atoms with Gasteiger partial charge in [-0.1, -0.05) is 25.8 Å². The summed E-state index contributed by atoms with van der Waals surface area (Å²) >= 11 is 0. The molecule has 1 aliphatic rings. The van der Waals surface area contributed by atoms with E-state index in [0.29, 0.717) is 23.7 Å². The van der Waals surface area contributed by atoms with E-state index >= 15 is 0 Å². The largest absolute Gasteiger partial charge is 0.439 e. The summed E-state index contributed by atoms with van der Waals surface area (Å²) in [6.45, 7) is 5.43. The lowest BCUT2D eigenvalue weighted by atomic mass is 9.93. The van der Waals surface area contributed by atoms with E-state index in [0.717, 1.165) is 50.3 Å².